The molecule has 0 fully saturated rings. The Hall–Kier alpha value is -4.57. The number of aromatic nitrogens is 4. The van der Waals surface area contributed by atoms with Gasteiger partial charge in [-0.1, -0.05) is 36.4 Å². The van der Waals surface area contributed by atoms with Gasteiger partial charge in [0.1, 0.15) is 11.2 Å². The van der Waals surface area contributed by atoms with Crippen LogP contribution in [0.15, 0.2) is 85.5 Å². The Kier molecular flexibility index (Phi) is 3.11. The van der Waals surface area contributed by atoms with Crippen LogP contribution in [0, 0.1) is 0 Å². The van der Waals surface area contributed by atoms with Crippen LogP contribution in [0.5, 0.6) is 0 Å². The van der Waals surface area contributed by atoms with Gasteiger partial charge in [-0.25, -0.2) is 4.98 Å². The van der Waals surface area contributed by atoms with Crippen LogP contribution in [0.2, 0.25) is 0 Å². The maximum atomic E-state index is 5.03. The van der Waals surface area contributed by atoms with Gasteiger partial charge in [0, 0.05) is 28.6 Å². The van der Waals surface area contributed by atoms with Crippen molar-refractivity contribution in [3.05, 3.63) is 108 Å². The van der Waals surface area contributed by atoms with E-state index < -0.39 is 0 Å². The molecule has 0 amide bonds. The van der Waals surface area contributed by atoms with Crippen molar-refractivity contribution >= 4 is 38.4 Å². The zero-order valence-corrected chi connectivity index (χ0v) is 18.8. The highest BCUT2D eigenvalue weighted by Crippen LogP contribution is 2.48. The molecule has 4 heterocycles. The summed E-state index contributed by atoms with van der Waals surface area (Å²) in [6, 6.07) is 22.5. The van der Waals surface area contributed by atoms with Gasteiger partial charge in [-0.05, 0) is 81.6 Å². The number of imidazole rings is 1. The molecule has 4 heteroatoms. The highest BCUT2D eigenvalue weighted by Gasteiger charge is 2.28. The third kappa shape index (κ3) is 2.15. The van der Waals surface area contributed by atoms with E-state index >= 15 is 0 Å². The van der Waals surface area contributed by atoms with Gasteiger partial charge in [0.2, 0.25) is 0 Å². The van der Waals surface area contributed by atoms with E-state index in [1.54, 1.807) is 0 Å². The van der Waals surface area contributed by atoms with Gasteiger partial charge >= 0.3 is 0 Å². The smallest absolute Gasteiger partial charge is 0.146 e. The fraction of sp³-hybridized carbons (Fsp3) is 0.0645. The van der Waals surface area contributed by atoms with E-state index in [0.717, 1.165) is 35.0 Å². The molecule has 7 aromatic rings. The lowest BCUT2D eigenvalue weighted by molar-refractivity contribution is 1.24. The predicted octanol–water partition coefficient (Wildman–Crippen LogP) is 6.73. The van der Waals surface area contributed by atoms with E-state index in [0.29, 0.717) is 0 Å². The summed E-state index contributed by atoms with van der Waals surface area (Å²) in [5, 5.41) is 3.67. The lowest BCUT2D eigenvalue weighted by Crippen LogP contribution is -1.94. The predicted molar refractivity (Wildman–Crippen MR) is 140 cm³/mol. The van der Waals surface area contributed by atoms with E-state index in [9.17, 15) is 0 Å². The third-order valence-electron chi connectivity index (χ3n) is 7.97. The summed E-state index contributed by atoms with van der Waals surface area (Å²) in [6.45, 7) is 0. The molecule has 4 aromatic heterocycles. The summed E-state index contributed by atoms with van der Waals surface area (Å²) in [7, 11) is 0. The van der Waals surface area contributed by atoms with Gasteiger partial charge in [-0.3, -0.25) is 14.4 Å². The van der Waals surface area contributed by atoms with Crippen LogP contribution in [0.3, 0.4) is 0 Å². The van der Waals surface area contributed by atoms with Crippen molar-refractivity contribution in [2.24, 2.45) is 0 Å². The molecule has 2 aliphatic carbocycles. The van der Waals surface area contributed by atoms with Gasteiger partial charge in [0.25, 0.3) is 0 Å². The number of benzene rings is 3. The maximum Gasteiger partial charge on any atom is 0.146 e. The minimum absolute atomic E-state index is 0.904. The SMILES string of the molecule is c1ccc2c(c1)Cc1cc3c(cc1-2)Cc1ccc2c(c1-3)c1ccncc1n1c3ccncc3nc21. The van der Waals surface area contributed by atoms with E-state index in [2.05, 4.69) is 69.0 Å². The molecule has 0 N–H and O–H groups in total. The van der Waals surface area contributed by atoms with Crippen molar-refractivity contribution in [2.45, 2.75) is 12.8 Å². The van der Waals surface area contributed by atoms with Crippen LogP contribution in [0.4, 0.5) is 0 Å². The van der Waals surface area contributed by atoms with E-state index in [1.165, 1.54) is 60.7 Å². The highest BCUT2D eigenvalue weighted by molar-refractivity contribution is 6.20. The van der Waals surface area contributed by atoms with Gasteiger partial charge in [-0.15, -0.1) is 0 Å². The molecular weight excluding hydrogens is 428 g/mol. The molecule has 0 unspecified atom stereocenters. The lowest BCUT2D eigenvalue weighted by atomic mass is 9.93. The average molecular weight is 447 g/mol. The molecule has 35 heavy (non-hydrogen) atoms. The van der Waals surface area contributed by atoms with E-state index in [1.807, 2.05) is 30.9 Å². The molecule has 0 spiro atoms. The third-order valence-corrected chi connectivity index (χ3v) is 7.97. The fourth-order valence-electron chi connectivity index (χ4n) is 6.51. The molecule has 162 valence electrons. The average Bonchev–Trinajstić information content (AvgIpc) is 3.58. The molecule has 9 rings (SSSR count). The van der Waals surface area contributed by atoms with Gasteiger partial charge in [0.15, 0.2) is 0 Å². The molecule has 0 saturated heterocycles. The number of hydrogen-bond donors (Lipinski definition) is 0. The Morgan fingerprint density at radius 3 is 2.46 bits per heavy atom. The summed E-state index contributed by atoms with van der Waals surface area (Å²) < 4.78 is 2.24. The molecule has 0 aliphatic heterocycles. The van der Waals surface area contributed by atoms with E-state index in [-0.39, 0.29) is 0 Å². The minimum atomic E-state index is 0.904. The highest BCUT2D eigenvalue weighted by atomic mass is 15.0. The zero-order valence-electron chi connectivity index (χ0n) is 18.8. The minimum Gasteiger partial charge on any atom is -0.290 e. The van der Waals surface area contributed by atoms with Crippen LogP contribution in [0.25, 0.3) is 60.6 Å². The van der Waals surface area contributed by atoms with Crippen molar-refractivity contribution in [1.82, 2.24) is 19.4 Å². The first-order valence-electron chi connectivity index (χ1n) is 12.0. The van der Waals surface area contributed by atoms with Gasteiger partial charge in [0.05, 0.1) is 23.4 Å². The number of pyridine rings is 3. The zero-order chi connectivity index (χ0) is 22.7. The number of hydrogen-bond acceptors (Lipinski definition) is 3. The lowest BCUT2D eigenvalue weighted by Gasteiger charge is -2.13. The van der Waals surface area contributed by atoms with Crippen molar-refractivity contribution in [1.29, 1.82) is 0 Å². The van der Waals surface area contributed by atoms with Crippen molar-refractivity contribution in [3.63, 3.8) is 0 Å². The summed E-state index contributed by atoms with van der Waals surface area (Å²) in [4.78, 5) is 13.8. The number of rotatable bonds is 0. The summed E-state index contributed by atoms with van der Waals surface area (Å²) in [5.41, 5.74) is 15.2. The first-order chi connectivity index (χ1) is 17.3. The first-order valence-corrected chi connectivity index (χ1v) is 12.0. The Morgan fingerprint density at radius 2 is 1.46 bits per heavy atom. The van der Waals surface area contributed by atoms with Crippen LogP contribution in [0.1, 0.15) is 22.3 Å². The molecule has 0 radical (unpaired) electrons. The van der Waals surface area contributed by atoms with Crippen LogP contribution in [-0.4, -0.2) is 19.4 Å². The number of nitrogens with zero attached hydrogens (tertiary/aromatic N) is 4. The molecular formula is C31H18N4. The monoisotopic (exact) mass is 446 g/mol. The second kappa shape index (κ2) is 6.10. The van der Waals surface area contributed by atoms with Gasteiger partial charge < -0.3 is 0 Å². The second-order valence-corrected chi connectivity index (χ2v) is 9.73. The van der Waals surface area contributed by atoms with Crippen molar-refractivity contribution < 1.29 is 0 Å². The Balaban J connectivity index is 1.43. The van der Waals surface area contributed by atoms with Crippen molar-refractivity contribution in [2.75, 3.05) is 0 Å². The first kappa shape index (κ1) is 17.8. The Labute approximate surface area is 200 Å². The van der Waals surface area contributed by atoms with Gasteiger partial charge in [-0.2, -0.15) is 0 Å². The van der Waals surface area contributed by atoms with Crippen LogP contribution in [-0.2, 0) is 12.8 Å². The molecule has 0 bridgehead atoms. The summed E-state index contributed by atoms with van der Waals surface area (Å²) in [6.07, 6.45) is 9.53. The van der Waals surface area contributed by atoms with E-state index in [4.69, 9.17) is 4.98 Å². The molecule has 2 aliphatic rings. The second-order valence-electron chi connectivity index (χ2n) is 9.73. The molecule has 4 nitrogen and oxygen atoms in total. The maximum absolute atomic E-state index is 5.03. The van der Waals surface area contributed by atoms with Crippen LogP contribution < -0.4 is 0 Å². The largest absolute Gasteiger partial charge is 0.290 e. The summed E-state index contributed by atoms with van der Waals surface area (Å²) >= 11 is 0. The summed E-state index contributed by atoms with van der Waals surface area (Å²) in [5.74, 6) is 0. The molecule has 0 saturated carbocycles. The fourth-order valence-corrected chi connectivity index (χ4v) is 6.51. The van der Waals surface area contributed by atoms with Crippen LogP contribution >= 0.6 is 0 Å². The molecule has 0 atom stereocenters. The molecule has 3 aromatic carbocycles. The number of fused-ring (bicyclic) bond motifs is 15. The normalized spacial score (nSPS) is 13.5. The van der Waals surface area contributed by atoms with Crippen molar-refractivity contribution in [3.8, 4) is 22.3 Å². The standard InChI is InChI=1S/C31H18N4/c1-2-4-21-17(3-1)11-19-14-25-20(13-24(19)21)12-18-5-6-23-30(29(18)25)22-7-9-33-16-28(22)35-27-8-10-32-15-26(27)34-31(23)35/h1-10,13-16H,11-12H2. The Morgan fingerprint density at radius 1 is 0.629 bits per heavy atom. The Bertz CT molecular complexity index is 2070. The quantitative estimate of drug-likeness (QED) is 0.243. The topological polar surface area (TPSA) is 43.1 Å².